The molecule has 2 heterocycles. The van der Waals surface area contributed by atoms with Gasteiger partial charge in [0.25, 0.3) is 5.91 Å². The molecular weight excluding hydrogens is 292 g/mol. The minimum absolute atomic E-state index is 0.120. The number of amides is 2. The molecule has 0 bridgehead atoms. The lowest BCUT2D eigenvalue weighted by Gasteiger charge is -2.38. The van der Waals surface area contributed by atoms with Crippen LogP contribution < -0.4 is 4.90 Å². The van der Waals surface area contributed by atoms with Crippen LogP contribution in [0.4, 0.5) is 5.69 Å². The Labute approximate surface area is 136 Å². The summed E-state index contributed by atoms with van der Waals surface area (Å²) in [6.45, 7) is 2.90. The third-order valence-electron chi connectivity index (χ3n) is 4.92. The Balaban J connectivity index is 1.83. The van der Waals surface area contributed by atoms with Crippen molar-refractivity contribution in [2.24, 2.45) is 0 Å². The van der Waals surface area contributed by atoms with Crippen LogP contribution in [0.5, 0.6) is 0 Å². The number of aryl methyl sites for hydroxylation is 1. The monoisotopic (exact) mass is 316 g/mol. The zero-order valence-corrected chi connectivity index (χ0v) is 13.6. The number of rotatable bonds is 4. The van der Waals surface area contributed by atoms with Crippen LogP contribution in [0, 0.1) is 6.92 Å². The van der Waals surface area contributed by atoms with E-state index in [0.717, 1.165) is 31.4 Å². The van der Waals surface area contributed by atoms with Crippen LogP contribution in [0.15, 0.2) is 24.3 Å². The van der Waals surface area contributed by atoms with Crippen molar-refractivity contribution in [3.63, 3.8) is 0 Å². The highest BCUT2D eigenvalue weighted by molar-refractivity contribution is 6.22. The molecule has 5 heteroatoms. The predicted octanol–water partition coefficient (Wildman–Crippen LogP) is 1.86. The summed E-state index contributed by atoms with van der Waals surface area (Å²) < 4.78 is 0. The van der Waals surface area contributed by atoms with Gasteiger partial charge in [-0.05, 0) is 50.4 Å². The number of carbonyl (C=O) groups is 2. The summed E-state index contributed by atoms with van der Waals surface area (Å²) in [5.74, 6) is -0.246. The van der Waals surface area contributed by atoms with E-state index in [4.69, 9.17) is 0 Å². The number of benzene rings is 1. The smallest absolute Gasteiger partial charge is 0.251 e. The van der Waals surface area contributed by atoms with E-state index in [1.807, 2.05) is 31.2 Å². The molecule has 5 nitrogen and oxygen atoms in total. The van der Waals surface area contributed by atoms with E-state index in [9.17, 15) is 14.7 Å². The van der Waals surface area contributed by atoms with Crippen molar-refractivity contribution in [3.05, 3.63) is 29.8 Å². The zero-order chi connectivity index (χ0) is 16.4. The number of imide groups is 1. The molecule has 124 valence electrons. The number of nitrogens with zero attached hydrogens (tertiary/aromatic N) is 2. The molecule has 2 amide bonds. The van der Waals surface area contributed by atoms with Gasteiger partial charge in [0, 0.05) is 12.6 Å². The van der Waals surface area contributed by atoms with Gasteiger partial charge in [0.15, 0.2) is 0 Å². The lowest BCUT2D eigenvalue weighted by atomic mass is 9.97. The van der Waals surface area contributed by atoms with E-state index in [-0.39, 0.29) is 36.9 Å². The highest BCUT2D eigenvalue weighted by Gasteiger charge is 2.44. The van der Waals surface area contributed by atoms with Gasteiger partial charge >= 0.3 is 0 Å². The molecule has 0 saturated carbocycles. The summed E-state index contributed by atoms with van der Waals surface area (Å²) in [7, 11) is 0. The lowest BCUT2D eigenvalue weighted by molar-refractivity contribution is -0.123. The Hall–Kier alpha value is -1.72. The van der Waals surface area contributed by atoms with Crippen molar-refractivity contribution in [1.29, 1.82) is 0 Å². The molecule has 2 fully saturated rings. The molecule has 1 aromatic carbocycles. The molecule has 0 aliphatic carbocycles. The van der Waals surface area contributed by atoms with Gasteiger partial charge in [-0.2, -0.15) is 0 Å². The number of aliphatic hydroxyl groups excluding tert-OH is 1. The Kier molecular flexibility index (Phi) is 4.78. The average Bonchev–Trinajstić information content (AvgIpc) is 2.83. The number of anilines is 1. The Morgan fingerprint density at radius 3 is 2.83 bits per heavy atom. The maximum atomic E-state index is 12.9. The van der Waals surface area contributed by atoms with Gasteiger partial charge in [-0.1, -0.05) is 18.6 Å². The van der Waals surface area contributed by atoms with E-state index >= 15 is 0 Å². The van der Waals surface area contributed by atoms with Gasteiger partial charge in [0.2, 0.25) is 5.91 Å². The number of likely N-dealkylation sites (tertiary alicyclic amines) is 1. The first kappa shape index (κ1) is 16.1. The van der Waals surface area contributed by atoms with Gasteiger partial charge in [0.1, 0.15) is 0 Å². The standard InChI is InChI=1S/C18H24N2O3/c1-13-5-4-7-15(11-13)20-17(22)12-16(18(20)23)19-9-3-2-6-14(19)8-10-21/h4-5,7,11,14,16,21H,2-3,6,8-10,12H2,1H3/t14-,16+/m0/s1. The molecule has 0 radical (unpaired) electrons. The largest absolute Gasteiger partial charge is 0.396 e. The molecule has 2 aliphatic heterocycles. The van der Waals surface area contributed by atoms with Crippen LogP contribution in [-0.2, 0) is 9.59 Å². The highest BCUT2D eigenvalue weighted by Crippen LogP contribution is 2.30. The summed E-state index contributed by atoms with van der Waals surface area (Å²) in [6, 6.07) is 7.33. The fraction of sp³-hybridized carbons (Fsp3) is 0.556. The van der Waals surface area contributed by atoms with E-state index in [1.165, 1.54) is 4.90 Å². The van der Waals surface area contributed by atoms with Crippen molar-refractivity contribution in [2.75, 3.05) is 18.1 Å². The molecule has 2 saturated heterocycles. The summed E-state index contributed by atoms with van der Waals surface area (Å²) >= 11 is 0. The molecule has 2 aliphatic rings. The summed E-state index contributed by atoms with van der Waals surface area (Å²) in [5, 5.41) is 9.27. The second-order valence-electron chi connectivity index (χ2n) is 6.53. The maximum Gasteiger partial charge on any atom is 0.251 e. The van der Waals surface area contributed by atoms with E-state index in [1.54, 1.807) is 0 Å². The second kappa shape index (κ2) is 6.81. The van der Waals surface area contributed by atoms with Crippen molar-refractivity contribution in [2.45, 2.75) is 51.1 Å². The molecule has 0 spiro atoms. The van der Waals surface area contributed by atoms with Crippen LogP contribution in [0.2, 0.25) is 0 Å². The number of hydrogen-bond acceptors (Lipinski definition) is 4. The third kappa shape index (κ3) is 3.16. The van der Waals surface area contributed by atoms with Gasteiger partial charge in [-0.15, -0.1) is 0 Å². The van der Waals surface area contributed by atoms with Crippen molar-refractivity contribution >= 4 is 17.5 Å². The van der Waals surface area contributed by atoms with Crippen LogP contribution in [0.3, 0.4) is 0 Å². The molecule has 1 N–H and O–H groups in total. The number of hydrogen-bond donors (Lipinski definition) is 1. The van der Waals surface area contributed by atoms with Gasteiger partial charge in [0.05, 0.1) is 18.2 Å². The first-order valence-corrected chi connectivity index (χ1v) is 8.42. The Morgan fingerprint density at radius 2 is 2.09 bits per heavy atom. The van der Waals surface area contributed by atoms with E-state index in [0.29, 0.717) is 12.1 Å². The van der Waals surface area contributed by atoms with Crippen molar-refractivity contribution < 1.29 is 14.7 Å². The van der Waals surface area contributed by atoms with Crippen LogP contribution in [-0.4, -0.2) is 47.1 Å². The second-order valence-corrected chi connectivity index (χ2v) is 6.53. The normalized spacial score (nSPS) is 26.1. The average molecular weight is 316 g/mol. The first-order chi connectivity index (χ1) is 11.1. The van der Waals surface area contributed by atoms with Crippen LogP contribution >= 0.6 is 0 Å². The molecule has 23 heavy (non-hydrogen) atoms. The molecule has 1 aromatic rings. The maximum absolute atomic E-state index is 12.9. The minimum Gasteiger partial charge on any atom is -0.396 e. The van der Waals surface area contributed by atoms with Gasteiger partial charge < -0.3 is 5.11 Å². The van der Waals surface area contributed by atoms with Gasteiger partial charge in [-0.3, -0.25) is 14.5 Å². The molecule has 0 unspecified atom stereocenters. The minimum atomic E-state index is -0.375. The topological polar surface area (TPSA) is 60.9 Å². The first-order valence-electron chi connectivity index (χ1n) is 8.42. The molecular formula is C18H24N2O3. The summed E-state index contributed by atoms with van der Waals surface area (Å²) in [5.41, 5.74) is 1.70. The summed E-state index contributed by atoms with van der Waals surface area (Å²) in [6.07, 6.45) is 4.07. The number of carbonyl (C=O) groups excluding carboxylic acids is 2. The fourth-order valence-corrected chi connectivity index (χ4v) is 3.81. The third-order valence-corrected chi connectivity index (χ3v) is 4.92. The summed E-state index contributed by atoms with van der Waals surface area (Å²) in [4.78, 5) is 28.8. The predicted molar refractivity (Wildman–Crippen MR) is 88.1 cm³/mol. The molecule has 2 atom stereocenters. The zero-order valence-electron chi connectivity index (χ0n) is 13.6. The quantitative estimate of drug-likeness (QED) is 0.862. The van der Waals surface area contributed by atoms with Crippen LogP contribution in [0.1, 0.15) is 37.7 Å². The number of piperidine rings is 1. The molecule has 3 rings (SSSR count). The number of aliphatic hydroxyl groups is 1. The van der Waals surface area contributed by atoms with E-state index < -0.39 is 0 Å². The van der Waals surface area contributed by atoms with Gasteiger partial charge in [-0.25, -0.2) is 4.90 Å². The van der Waals surface area contributed by atoms with Crippen LogP contribution in [0.25, 0.3) is 0 Å². The van der Waals surface area contributed by atoms with Crippen molar-refractivity contribution in [1.82, 2.24) is 4.90 Å². The molecule has 0 aromatic heterocycles. The van der Waals surface area contributed by atoms with Crippen molar-refractivity contribution in [3.8, 4) is 0 Å². The fourth-order valence-electron chi connectivity index (χ4n) is 3.81. The lowest BCUT2D eigenvalue weighted by Crippen LogP contribution is -2.50. The highest BCUT2D eigenvalue weighted by atomic mass is 16.3. The SMILES string of the molecule is Cc1cccc(N2C(=O)C[C@@H](N3CCCC[C@H]3CCO)C2=O)c1. The Morgan fingerprint density at radius 1 is 1.26 bits per heavy atom. The Bertz CT molecular complexity index is 600. The van der Waals surface area contributed by atoms with E-state index in [2.05, 4.69) is 4.90 Å².